The third-order valence-electron chi connectivity index (χ3n) is 2.99. The fourth-order valence-corrected chi connectivity index (χ4v) is 5.00. The summed E-state index contributed by atoms with van der Waals surface area (Å²) in [5, 5.41) is 13.9. The van der Waals surface area contributed by atoms with Crippen molar-refractivity contribution < 1.29 is 9.63 Å². The van der Waals surface area contributed by atoms with Crippen molar-refractivity contribution in [2.45, 2.75) is 43.1 Å². The molecule has 1 N–H and O–H groups in total. The molecule has 0 spiro atoms. The van der Waals surface area contributed by atoms with E-state index in [-0.39, 0.29) is 6.61 Å². The summed E-state index contributed by atoms with van der Waals surface area (Å²) in [7, 11) is 0. The Labute approximate surface area is 116 Å². The molecule has 0 bridgehead atoms. The number of aromatic nitrogens is 2. The molecule has 2 heterocycles. The summed E-state index contributed by atoms with van der Waals surface area (Å²) < 4.78 is 5.29. The van der Waals surface area contributed by atoms with Gasteiger partial charge in [-0.15, -0.1) is 11.8 Å². The van der Waals surface area contributed by atoms with Crippen LogP contribution < -0.4 is 0 Å². The summed E-state index contributed by atoms with van der Waals surface area (Å²) in [6.45, 7) is 2.45. The summed E-state index contributed by atoms with van der Waals surface area (Å²) in [6, 6.07) is 0. The summed E-state index contributed by atoms with van der Waals surface area (Å²) >= 11 is 3.97. The van der Waals surface area contributed by atoms with Gasteiger partial charge in [-0.1, -0.05) is 12.1 Å². The fourth-order valence-electron chi connectivity index (χ4n) is 2.02. The number of aliphatic hydroxyl groups is 1. The van der Waals surface area contributed by atoms with Crippen molar-refractivity contribution in [3.8, 4) is 0 Å². The molecule has 2 unspecified atom stereocenters. The third kappa shape index (κ3) is 3.65. The van der Waals surface area contributed by atoms with Crippen LogP contribution in [0.15, 0.2) is 4.52 Å². The Morgan fingerprint density at radius 2 is 2.17 bits per heavy atom. The van der Waals surface area contributed by atoms with Gasteiger partial charge < -0.3 is 9.63 Å². The first-order valence-corrected chi connectivity index (χ1v) is 8.61. The van der Waals surface area contributed by atoms with Gasteiger partial charge in [0.2, 0.25) is 5.89 Å². The second-order valence-electron chi connectivity index (χ2n) is 4.34. The van der Waals surface area contributed by atoms with E-state index in [0.717, 1.165) is 31.5 Å². The van der Waals surface area contributed by atoms with Crippen LogP contribution in [0.5, 0.6) is 0 Å². The van der Waals surface area contributed by atoms with E-state index in [4.69, 9.17) is 9.63 Å². The van der Waals surface area contributed by atoms with Crippen molar-refractivity contribution in [1.29, 1.82) is 0 Å². The van der Waals surface area contributed by atoms with Gasteiger partial charge in [0.15, 0.2) is 5.82 Å². The Morgan fingerprint density at radius 3 is 2.94 bits per heavy atom. The molecule has 1 aliphatic heterocycles. The lowest BCUT2D eigenvalue weighted by Gasteiger charge is -2.27. The standard InChI is InChI=1S/C12H20N2O2S2/c1-2-9-11(18-8-7-17-9)12-13-10(16-14-12)5-3-4-6-15/h9,11,15H,2-8H2,1H3. The second-order valence-corrected chi connectivity index (χ2v) is 6.93. The predicted molar refractivity (Wildman–Crippen MR) is 76.1 cm³/mol. The van der Waals surface area contributed by atoms with E-state index in [1.54, 1.807) is 0 Å². The van der Waals surface area contributed by atoms with Crippen LogP contribution in [0.3, 0.4) is 0 Å². The van der Waals surface area contributed by atoms with E-state index >= 15 is 0 Å². The number of nitrogens with zero attached hydrogens (tertiary/aromatic N) is 2. The van der Waals surface area contributed by atoms with Crippen LogP contribution in [0, 0.1) is 0 Å². The average molecular weight is 288 g/mol. The minimum Gasteiger partial charge on any atom is -0.396 e. The van der Waals surface area contributed by atoms with E-state index < -0.39 is 0 Å². The molecule has 1 aromatic rings. The number of rotatable bonds is 6. The van der Waals surface area contributed by atoms with Gasteiger partial charge in [0.1, 0.15) is 0 Å². The van der Waals surface area contributed by atoms with E-state index in [1.807, 2.05) is 23.5 Å². The maximum Gasteiger partial charge on any atom is 0.226 e. The molecular formula is C12H20N2O2S2. The number of thioether (sulfide) groups is 2. The maximum absolute atomic E-state index is 8.75. The second kappa shape index (κ2) is 7.40. The number of hydrogen-bond acceptors (Lipinski definition) is 6. The SMILES string of the molecule is CCC1SCCSC1c1noc(CCCCO)n1. The molecule has 18 heavy (non-hydrogen) atoms. The molecule has 0 amide bonds. The summed E-state index contributed by atoms with van der Waals surface area (Å²) in [4.78, 5) is 4.51. The molecule has 1 aliphatic rings. The van der Waals surface area contributed by atoms with Gasteiger partial charge in [0.25, 0.3) is 0 Å². The highest BCUT2D eigenvalue weighted by molar-refractivity contribution is 8.06. The molecule has 0 saturated carbocycles. The highest BCUT2D eigenvalue weighted by Gasteiger charge is 2.30. The van der Waals surface area contributed by atoms with Crippen LogP contribution in [0.25, 0.3) is 0 Å². The number of aliphatic hydroxyl groups excluding tert-OH is 1. The Kier molecular flexibility index (Phi) is 5.85. The number of aryl methyl sites for hydroxylation is 1. The van der Waals surface area contributed by atoms with Crippen LogP contribution in [0.4, 0.5) is 0 Å². The highest BCUT2D eigenvalue weighted by Crippen LogP contribution is 2.42. The molecule has 0 radical (unpaired) electrons. The normalized spacial score (nSPS) is 24.3. The van der Waals surface area contributed by atoms with Crippen molar-refractivity contribution in [3.63, 3.8) is 0 Å². The van der Waals surface area contributed by atoms with Crippen LogP contribution in [0.2, 0.25) is 0 Å². The van der Waals surface area contributed by atoms with Gasteiger partial charge in [-0.05, 0) is 19.3 Å². The molecule has 2 rings (SSSR count). The molecule has 0 aliphatic carbocycles. The smallest absolute Gasteiger partial charge is 0.226 e. The Hall–Kier alpha value is -0.200. The molecule has 1 fully saturated rings. The van der Waals surface area contributed by atoms with Gasteiger partial charge >= 0.3 is 0 Å². The van der Waals surface area contributed by atoms with Gasteiger partial charge in [-0.25, -0.2) is 0 Å². The quantitative estimate of drug-likeness (QED) is 0.812. The third-order valence-corrected chi connectivity index (χ3v) is 6.23. The maximum atomic E-state index is 8.75. The van der Waals surface area contributed by atoms with E-state index in [2.05, 4.69) is 17.1 Å². The Bertz CT molecular complexity index is 360. The van der Waals surface area contributed by atoms with Crippen LogP contribution in [0.1, 0.15) is 43.2 Å². The van der Waals surface area contributed by atoms with Crippen LogP contribution in [-0.4, -0.2) is 38.6 Å². The number of hydrogen-bond donors (Lipinski definition) is 1. The summed E-state index contributed by atoms with van der Waals surface area (Å²) in [5.41, 5.74) is 0. The van der Waals surface area contributed by atoms with Gasteiger partial charge in [0.05, 0.1) is 5.25 Å². The van der Waals surface area contributed by atoms with Crippen molar-refractivity contribution in [3.05, 3.63) is 11.7 Å². The lowest BCUT2D eigenvalue weighted by Crippen LogP contribution is -2.19. The Morgan fingerprint density at radius 1 is 1.33 bits per heavy atom. The fraction of sp³-hybridized carbons (Fsp3) is 0.833. The molecule has 2 atom stereocenters. The van der Waals surface area contributed by atoms with Gasteiger partial charge in [0, 0.05) is 29.8 Å². The van der Waals surface area contributed by atoms with Crippen molar-refractivity contribution in [1.82, 2.24) is 10.1 Å². The molecule has 6 heteroatoms. The molecule has 102 valence electrons. The molecule has 4 nitrogen and oxygen atoms in total. The molecule has 1 aromatic heterocycles. The van der Waals surface area contributed by atoms with E-state index in [0.29, 0.717) is 16.4 Å². The first-order valence-electron chi connectivity index (χ1n) is 6.51. The first-order chi connectivity index (χ1) is 8.85. The number of unbranched alkanes of at least 4 members (excludes halogenated alkanes) is 1. The lowest BCUT2D eigenvalue weighted by atomic mass is 10.2. The van der Waals surface area contributed by atoms with Gasteiger partial charge in [-0.3, -0.25) is 0 Å². The van der Waals surface area contributed by atoms with Crippen molar-refractivity contribution in [2.75, 3.05) is 18.1 Å². The topological polar surface area (TPSA) is 59.2 Å². The van der Waals surface area contributed by atoms with E-state index in [1.165, 1.54) is 11.5 Å². The average Bonchev–Trinajstić information content (AvgIpc) is 2.88. The first kappa shape index (κ1) is 14.2. The van der Waals surface area contributed by atoms with Crippen molar-refractivity contribution in [2.24, 2.45) is 0 Å². The monoisotopic (exact) mass is 288 g/mol. The minimum absolute atomic E-state index is 0.230. The summed E-state index contributed by atoms with van der Waals surface area (Å²) in [6.07, 6.45) is 3.62. The zero-order valence-electron chi connectivity index (χ0n) is 10.7. The summed E-state index contributed by atoms with van der Waals surface area (Å²) in [5.74, 6) is 3.96. The van der Waals surface area contributed by atoms with Gasteiger partial charge in [-0.2, -0.15) is 16.7 Å². The Balaban J connectivity index is 1.95. The predicted octanol–water partition coefficient (Wildman–Crippen LogP) is 2.68. The zero-order valence-corrected chi connectivity index (χ0v) is 12.3. The van der Waals surface area contributed by atoms with E-state index in [9.17, 15) is 0 Å². The molecule has 1 saturated heterocycles. The minimum atomic E-state index is 0.230. The zero-order chi connectivity index (χ0) is 12.8. The molecule has 0 aromatic carbocycles. The lowest BCUT2D eigenvalue weighted by molar-refractivity contribution is 0.280. The van der Waals surface area contributed by atoms with Crippen molar-refractivity contribution >= 4 is 23.5 Å². The van der Waals surface area contributed by atoms with Crippen LogP contribution in [-0.2, 0) is 6.42 Å². The highest BCUT2D eigenvalue weighted by atomic mass is 32.2. The largest absolute Gasteiger partial charge is 0.396 e. The van der Waals surface area contributed by atoms with Crippen LogP contribution >= 0.6 is 23.5 Å². The molecular weight excluding hydrogens is 268 g/mol.